The summed E-state index contributed by atoms with van der Waals surface area (Å²) in [5.74, 6) is -0.773. The second kappa shape index (κ2) is 10.7. The predicted molar refractivity (Wildman–Crippen MR) is 114 cm³/mol. The summed E-state index contributed by atoms with van der Waals surface area (Å²) in [7, 11) is -3.69. The zero-order chi connectivity index (χ0) is 21.3. The first kappa shape index (κ1) is 22.6. The molecular weight excluding hydrogens is 390 g/mol. The largest absolute Gasteiger partial charge is 0.352 e. The van der Waals surface area contributed by atoms with Crippen molar-refractivity contribution in [2.75, 3.05) is 18.4 Å². The Labute approximate surface area is 172 Å². The summed E-state index contributed by atoms with van der Waals surface area (Å²) in [4.78, 5) is 25.0. The van der Waals surface area contributed by atoms with Gasteiger partial charge in [0.2, 0.25) is 10.0 Å². The molecular formula is C21H27N3O4S. The van der Waals surface area contributed by atoms with Gasteiger partial charge in [0.1, 0.15) is 0 Å². The van der Waals surface area contributed by atoms with Gasteiger partial charge in [-0.15, -0.1) is 0 Å². The second-order valence-corrected chi connectivity index (χ2v) is 8.30. The first-order valence-electron chi connectivity index (χ1n) is 9.67. The van der Waals surface area contributed by atoms with Crippen LogP contribution in [0.25, 0.3) is 0 Å². The molecule has 0 aromatic heterocycles. The Balaban J connectivity index is 2.19. The lowest BCUT2D eigenvalue weighted by Gasteiger charge is -2.12. The molecule has 0 radical (unpaired) electrons. The standard InChI is InChI=1S/C21H27N3O4S/c1-3-5-14-23-29(27,28)17-10-8-9-16(15-17)20(25)24-19-12-7-6-11-18(19)21(26)22-13-4-2/h6-12,15,23H,3-5,13-14H2,1-2H3,(H,22,26)(H,24,25). The molecule has 3 N–H and O–H groups in total. The Morgan fingerprint density at radius 2 is 1.66 bits per heavy atom. The molecule has 0 fully saturated rings. The number of nitrogens with one attached hydrogen (secondary N) is 3. The molecule has 0 atom stereocenters. The summed E-state index contributed by atoms with van der Waals surface area (Å²) in [5, 5.41) is 5.48. The SMILES string of the molecule is CCCCNS(=O)(=O)c1cccc(C(=O)Nc2ccccc2C(=O)NCCC)c1. The monoisotopic (exact) mass is 417 g/mol. The van der Waals surface area contributed by atoms with E-state index in [-0.39, 0.29) is 16.4 Å². The highest BCUT2D eigenvalue weighted by Gasteiger charge is 2.17. The Bertz CT molecular complexity index is 958. The normalized spacial score (nSPS) is 11.1. The molecule has 0 saturated carbocycles. The number of unbranched alkanes of at least 4 members (excludes halogenated alkanes) is 1. The molecule has 2 aromatic carbocycles. The van der Waals surface area contributed by atoms with Gasteiger partial charge in [-0.1, -0.05) is 38.5 Å². The van der Waals surface area contributed by atoms with Crippen molar-refractivity contribution in [1.82, 2.24) is 10.0 Å². The van der Waals surface area contributed by atoms with Gasteiger partial charge in [0.15, 0.2) is 0 Å². The Morgan fingerprint density at radius 3 is 2.38 bits per heavy atom. The molecule has 0 aliphatic heterocycles. The zero-order valence-electron chi connectivity index (χ0n) is 16.7. The zero-order valence-corrected chi connectivity index (χ0v) is 17.5. The minimum Gasteiger partial charge on any atom is -0.352 e. The molecule has 8 heteroatoms. The molecule has 0 saturated heterocycles. The summed E-state index contributed by atoms with van der Waals surface area (Å²) in [5.41, 5.74) is 0.895. The highest BCUT2D eigenvalue weighted by atomic mass is 32.2. The van der Waals surface area contributed by atoms with Gasteiger partial charge in [-0.3, -0.25) is 9.59 Å². The lowest BCUT2D eigenvalue weighted by molar-refractivity contribution is 0.0954. The van der Waals surface area contributed by atoms with E-state index in [1.165, 1.54) is 24.3 Å². The number of amides is 2. The fourth-order valence-electron chi connectivity index (χ4n) is 2.59. The van der Waals surface area contributed by atoms with Crippen LogP contribution >= 0.6 is 0 Å². The minimum absolute atomic E-state index is 0.0234. The van der Waals surface area contributed by atoms with Gasteiger partial charge in [0, 0.05) is 18.7 Å². The maximum atomic E-state index is 12.7. The van der Waals surface area contributed by atoms with Crippen molar-refractivity contribution in [2.24, 2.45) is 0 Å². The molecule has 0 heterocycles. The third-order valence-corrected chi connectivity index (χ3v) is 5.64. The van der Waals surface area contributed by atoms with E-state index in [9.17, 15) is 18.0 Å². The van der Waals surface area contributed by atoms with Crippen molar-refractivity contribution >= 4 is 27.5 Å². The van der Waals surface area contributed by atoms with E-state index in [4.69, 9.17) is 0 Å². The lowest BCUT2D eigenvalue weighted by Crippen LogP contribution is -2.26. The van der Waals surface area contributed by atoms with Crippen LogP contribution in [-0.4, -0.2) is 33.3 Å². The van der Waals surface area contributed by atoms with Crippen molar-refractivity contribution in [1.29, 1.82) is 0 Å². The molecule has 2 rings (SSSR count). The number of para-hydroxylation sites is 1. The first-order chi connectivity index (χ1) is 13.9. The maximum absolute atomic E-state index is 12.7. The number of hydrogen-bond donors (Lipinski definition) is 3. The van der Waals surface area contributed by atoms with Gasteiger partial charge >= 0.3 is 0 Å². The van der Waals surface area contributed by atoms with Gasteiger partial charge in [0.25, 0.3) is 11.8 Å². The van der Waals surface area contributed by atoms with E-state index in [0.717, 1.165) is 19.3 Å². The van der Waals surface area contributed by atoms with Crippen LogP contribution in [0.3, 0.4) is 0 Å². The molecule has 7 nitrogen and oxygen atoms in total. The van der Waals surface area contributed by atoms with E-state index in [0.29, 0.717) is 24.3 Å². The van der Waals surface area contributed by atoms with Gasteiger partial charge in [0.05, 0.1) is 16.1 Å². The quantitative estimate of drug-likeness (QED) is 0.517. The molecule has 0 aliphatic rings. The Morgan fingerprint density at radius 1 is 0.897 bits per heavy atom. The topological polar surface area (TPSA) is 104 Å². The van der Waals surface area contributed by atoms with Crippen molar-refractivity contribution in [3.05, 3.63) is 59.7 Å². The average molecular weight is 418 g/mol. The number of rotatable bonds is 10. The van der Waals surface area contributed by atoms with Crippen molar-refractivity contribution in [2.45, 2.75) is 38.0 Å². The Hall–Kier alpha value is -2.71. The highest BCUT2D eigenvalue weighted by molar-refractivity contribution is 7.89. The Kier molecular flexibility index (Phi) is 8.35. The fraction of sp³-hybridized carbons (Fsp3) is 0.333. The van der Waals surface area contributed by atoms with Crippen LogP contribution in [0.1, 0.15) is 53.8 Å². The molecule has 2 aromatic rings. The van der Waals surface area contributed by atoms with Gasteiger partial charge < -0.3 is 10.6 Å². The summed E-state index contributed by atoms with van der Waals surface area (Å²) >= 11 is 0. The third kappa shape index (κ3) is 6.40. The number of carbonyl (C=O) groups is 2. The minimum atomic E-state index is -3.69. The van der Waals surface area contributed by atoms with Gasteiger partial charge in [-0.05, 0) is 43.2 Å². The number of sulfonamides is 1. The fourth-order valence-corrected chi connectivity index (χ4v) is 3.71. The average Bonchev–Trinajstić information content (AvgIpc) is 2.72. The number of benzene rings is 2. The van der Waals surface area contributed by atoms with E-state index in [1.807, 2.05) is 13.8 Å². The number of hydrogen-bond acceptors (Lipinski definition) is 4. The van der Waals surface area contributed by atoms with Gasteiger partial charge in [-0.2, -0.15) is 0 Å². The molecule has 2 amide bonds. The van der Waals surface area contributed by atoms with Crippen LogP contribution in [0.5, 0.6) is 0 Å². The van der Waals surface area contributed by atoms with Crippen LogP contribution in [-0.2, 0) is 10.0 Å². The van der Waals surface area contributed by atoms with E-state index in [2.05, 4.69) is 15.4 Å². The third-order valence-electron chi connectivity index (χ3n) is 4.18. The summed E-state index contributed by atoms with van der Waals surface area (Å²) in [6.07, 6.45) is 2.40. The maximum Gasteiger partial charge on any atom is 0.255 e. The van der Waals surface area contributed by atoms with E-state index >= 15 is 0 Å². The number of carbonyl (C=O) groups excluding carboxylic acids is 2. The predicted octanol–water partition coefficient (Wildman–Crippen LogP) is 3.16. The van der Waals surface area contributed by atoms with E-state index in [1.54, 1.807) is 24.3 Å². The highest BCUT2D eigenvalue weighted by Crippen LogP contribution is 2.18. The van der Waals surface area contributed by atoms with Crippen molar-refractivity contribution in [3.8, 4) is 0 Å². The summed E-state index contributed by atoms with van der Waals surface area (Å²) in [6.45, 7) is 4.80. The summed E-state index contributed by atoms with van der Waals surface area (Å²) in [6, 6.07) is 12.5. The van der Waals surface area contributed by atoms with Crippen LogP contribution in [0.2, 0.25) is 0 Å². The first-order valence-corrected chi connectivity index (χ1v) is 11.2. The molecule has 0 spiro atoms. The molecule has 0 aliphatic carbocycles. The van der Waals surface area contributed by atoms with Crippen LogP contribution in [0.15, 0.2) is 53.4 Å². The molecule has 0 bridgehead atoms. The summed E-state index contributed by atoms with van der Waals surface area (Å²) < 4.78 is 27.3. The molecule has 29 heavy (non-hydrogen) atoms. The lowest BCUT2D eigenvalue weighted by atomic mass is 10.1. The van der Waals surface area contributed by atoms with Crippen molar-refractivity contribution in [3.63, 3.8) is 0 Å². The van der Waals surface area contributed by atoms with Crippen LogP contribution < -0.4 is 15.4 Å². The molecule has 156 valence electrons. The van der Waals surface area contributed by atoms with Gasteiger partial charge in [-0.25, -0.2) is 13.1 Å². The second-order valence-electron chi connectivity index (χ2n) is 6.53. The van der Waals surface area contributed by atoms with Crippen LogP contribution in [0, 0.1) is 0 Å². The van der Waals surface area contributed by atoms with Crippen molar-refractivity contribution < 1.29 is 18.0 Å². The molecule has 0 unspecified atom stereocenters. The smallest absolute Gasteiger partial charge is 0.255 e. The number of anilines is 1. The van der Waals surface area contributed by atoms with Crippen LogP contribution in [0.4, 0.5) is 5.69 Å². The van der Waals surface area contributed by atoms with E-state index < -0.39 is 15.9 Å².